The Morgan fingerprint density at radius 2 is 2.06 bits per heavy atom. The Morgan fingerprint density at radius 1 is 1.30 bits per heavy atom. The summed E-state index contributed by atoms with van der Waals surface area (Å²) in [4.78, 5) is 26.5. The van der Waals surface area contributed by atoms with Crippen LogP contribution in [0.15, 0.2) is 29.2 Å². The van der Waals surface area contributed by atoms with Crippen molar-refractivity contribution in [2.75, 3.05) is 7.05 Å². The second kappa shape index (κ2) is 9.04. The summed E-state index contributed by atoms with van der Waals surface area (Å²) < 4.78 is 33.7. The number of aryl methyl sites for hydroxylation is 1. The molecular weight excluding hydrogens is 474 g/mol. The number of hydrogen-bond donors (Lipinski definition) is 2. The number of aromatic nitrogens is 1. The number of hydrogen-bond acceptors (Lipinski definition) is 5. The number of carbonyl (C=O) groups is 1. The lowest BCUT2D eigenvalue weighted by Gasteiger charge is -2.21. The summed E-state index contributed by atoms with van der Waals surface area (Å²) in [7, 11) is 1.91. The predicted molar refractivity (Wildman–Crippen MR) is 125 cm³/mol. The van der Waals surface area contributed by atoms with Crippen molar-refractivity contribution in [3.8, 4) is 16.2 Å². The summed E-state index contributed by atoms with van der Waals surface area (Å²) in [5.41, 5.74) is 0.822. The average molecular weight is 497 g/mol. The first-order chi connectivity index (χ1) is 15.4. The normalized spacial score (nSPS) is 17.6. The summed E-state index contributed by atoms with van der Waals surface area (Å²) in [5, 5.41) is 12.9. The summed E-state index contributed by atoms with van der Waals surface area (Å²) in [6, 6.07) is 5.31. The quantitative estimate of drug-likeness (QED) is 0.478. The first-order valence-corrected chi connectivity index (χ1v) is 11.4. The number of carboxylic acids is 1. The summed E-state index contributed by atoms with van der Waals surface area (Å²) in [6.45, 7) is -3.08. The van der Waals surface area contributed by atoms with Gasteiger partial charge in [-0.3, -0.25) is 4.79 Å². The van der Waals surface area contributed by atoms with Gasteiger partial charge in [0.05, 0.1) is 10.9 Å². The van der Waals surface area contributed by atoms with Crippen LogP contribution in [0.25, 0.3) is 21.3 Å². The fourth-order valence-corrected chi connectivity index (χ4v) is 5.89. The second-order valence-corrected chi connectivity index (χ2v) is 9.39. The van der Waals surface area contributed by atoms with Crippen LogP contribution in [-0.4, -0.2) is 29.3 Å². The number of nitrogens with one attached hydrogen (secondary N) is 1. The maximum Gasteiger partial charge on any atom is 0.387 e. The van der Waals surface area contributed by atoms with Crippen LogP contribution in [0, 0.1) is 0 Å². The monoisotopic (exact) mass is 496 g/mol. The molecule has 0 bridgehead atoms. The van der Waals surface area contributed by atoms with E-state index in [2.05, 4.69) is 5.32 Å². The molecular formula is C23H23ClF2N2O4S. The Morgan fingerprint density at radius 3 is 2.70 bits per heavy atom. The van der Waals surface area contributed by atoms with Crippen molar-refractivity contribution in [3.05, 3.63) is 50.6 Å². The third kappa shape index (κ3) is 4.13. The number of ether oxygens (including phenoxy) is 1. The van der Waals surface area contributed by atoms with Crippen LogP contribution in [0.1, 0.15) is 58.6 Å². The van der Waals surface area contributed by atoms with Crippen molar-refractivity contribution in [2.24, 2.45) is 0 Å². The van der Waals surface area contributed by atoms with Crippen LogP contribution in [0.2, 0.25) is 0 Å². The van der Waals surface area contributed by atoms with Gasteiger partial charge >= 0.3 is 12.6 Å². The molecule has 1 fully saturated rings. The zero-order valence-electron chi connectivity index (χ0n) is 17.8. The van der Waals surface area contributed by atoms with Crippen LogP contribution in [0.3, 0.4) is 0 Å². The minimum atomic E-state index is -3.08. The summed E-state index contributed by atoms with van der Waals surface area (Å²) in [5.74, 6) is -1.41. The molecule has 1 unspecified atom stereocenters. The Hall–Kier alpha value is -2.49. The van der Waals surface area contributed by atoms with Crippen LogP contribution in [0.4, 0.5) is 8.78 Å². The van der Waals surface area contributed by atoms with Gasteiger partial charge in [-0.05, 0) is 62.9 Å². The molecule has 33 heavy (non-hydrogen) atoms. The molecule has 0 saturated heterocycles. The molecule has 2 aliphatic rings. The van der Waals surface area contributed by atoms with E-state index in [0.29, 0.717) is 5.56 Å². The molecule has 2 aliphatic carbocycles. The minimum absolute atomic E-state index is 0. The number of benzene rings is 1. The summed E-state index contributed by atoms with van der Waals surface area (Å²) >= 11 is 1.55. The number of thiophene rings is 1. The molecule has 2 aromatic heterocycles. The highest BCUT2D eigenvalue weighted by atomic mass is 35.5. The summed E-state index contributed by atoms with van der Waals surface area (Å²) in [6.07, 6.45) is 5.83. The van der Waals surface area contributed by atoms with E-state index < -0.39 is 18.0 Å². The van der Waals surface area contributed by atoms with Gasteiger partial charge in [0.2, 0.25) is 5.43 Å². The molecule has 1 aromatic carbocycles. The van der Waals surface area contributed by atoms with E-state index in [9.17, 15) is 23.5 Å². The molecule has 1 atom stereocenters. The number of nitrogens with zero attached hydrogens (tertiary/aromatic N) is 1. The van der Waals surface area contributed by atoms with Crippen LogP contribution < -0.4 is 15.5 Å². The lowest BCUT2D eigenvalue weighted by atomic mass is 9.93. The molecule has 1 saturated carbocycles. The Balaban J connectivity index is 0.00000259. The Bertz CT molecular complexity index is 1290. The van der Waals surface area contributed by atoms with Crippen molar-refractivity contribution in [1.29, 1.82) is 0 Å². The number of alkyl halides is 2. The van der Waals surface area contributed by atoms with Crippen molar-refractivity contribution in [1.82, 2.24) is 9.88 Å². The van der Waals surface area contributed by atoms with Gasteiger partial charge in [0.1, 0.15) is 5.56 Å². The molecule has 0 aliphatic heterocycles. The van der Waals surface area contributed by atoms with E-state index in [1.54, 1.807) is 22.0 Å². The van der Waals surface area contributed by atoms with E-state index >= 15 is 0 Å². The van der Waals surface area contributed by atoms with Crippen molar-refractivity contribution < 1.29 is 23.4 Å². The molecule has 176 valence electrons. The molecule has 2 N–H and O–H groups in total. The van der Waals surface area contributed by atoms with Gasteiger partial charge < -0.3 is 19.7 Å². The molecule has 2 heterocycles. The Kier molecular flexibility index (Phi) is 6.48. The lowest BCUT2D eigenvalue weighted by molar-refractivity contribution is -0.0486. The number of halogens is 3. The number of pyridine rings is 1. The topological polar surface area (TPSA) is 80.6 Å². The van der Waals surface area contributed by atoms with Crippen LogP contribution in [0.5, 0.6) is 5.75 Å². The van der Waals surface area contributed by atoms with E-state index in [-0.39, 0.29) is 46.7 Å². The lowest BCUT2D eigenvalue weighted by Crippen LogP contribution is -2.20. The third-order valence-corrected chi connectivity index (χ3v) is 7.50. The van der Waals surface area contributed by atoms with Gasteiger partial charge in [-0.15, -0.1) is 23.7 Å². The number of rotatable bonds is 6. The number of fused-ring (bicyclic) bond motifs is 2. The van der Waals surface area contributed by atoms with Crippen LogP contribution in [-0.2, 0) is 6.42 Å². The standard InChI is InChI=1S/C23H22F2N2O4S.ClH/c1-26-16-3-2-4-17-14(16)9-18(32-17)12-7-8-13-19(21(12)31-23(24)25)27(11-5-6-11)10-15(20(13)28)22(29)30;/h7-11,16,23,26H,2-6H2,1H3,(H,29,30);1H. The highest BCUT2D eigenvalue weighted by molar-refractivity contribution is 7.15. The van der Waals surface area contributed by atoms with Crippen molar-refractivity contribution in [3.63, 3.8) is 0 Å². The minimum Gasteiger partial charge on any atom is -0.477 e. The fraction of sp³-hybridized carbons (Fsp3) is 0.391. The maximum absolute atomic E-state index is 13.5. The smallest absolute Gasteiger partial charge is 0.387 e. The average Bonchev–Trinajstić information content (AvgIpc) is 3.51. The highest BCUT2D eigenvalue weighted by Gasteiger charge is 2.31. The number of aromatic carboxylic acids is 1. The van der Waals surface area contributed by atoms with Gasteiger partial charge in [-0.2, -0.15) is 8.78 Å². The largest absolute Gasteiger partial charge is 0.477 e. The van der Waals surface area contributed by atoms with Gasteiger partial charge in [0.25, 0.3) is 0 Å². The van der Waals surface area contributed by atoms with E-state index in [4.69, 9.17) is 4.74 Å². The molecule has 5 rings (SSSR count). The molecule has 0 amide bonds. The zero-order valence-corrected chi connectivity index (χ0v) is 19.4. The Labute approximate surface area is 198 Å². The highest BCUT2D eigenvalue weighted by Crippen LogP contribution is 2.46. The van der Waals surface area contributed by atoms with Crippen molar-refractivity contribution in [2.45, 2.75) is 50.8 Å². The van der Waals surface area contributed by atoms with Gasteiger partial charge in [-0.25, -0.2) is 4.79 Å². The molecule has 10 heteroatoms. The molecule has 0 radical (unpaired) electrons. The first kappa shape index (κ1) is 23.7. The molecule has 6 nitrogen and oxygen atoms in total. The van der Waals surface area contributed by atoms with E-state index in [1.807, 2.05) is 13.1 Å². The fourth-order valence-electron chi connectivity index (χ4n) is 4.60. The maximum atomic E-state index is 13.5. The van der Waals surface area contributed by atoms with E-state index in [0.717, 1.165) is 37.0 Å². The molecule has 0 spiro atoms. The van der Waals surface area contributed by atoms with Gasteiger partial charge in [-0.1, -0.05) is 0 Å². The van der Waals surface area contributed by atoms with E-state index in [1.165, 1.54) is 22.7 Å². The predicted octanol–water partition coefficient (Wildman–Crippen LogP) is 5.38. The van der Waals surface area contributed by atoms with Gasteiger partial charge in [0, 0.05) is 33.6 Å². The number of carboxylic acid groups (broad SMARTS) is 1. The van der Waals surface area contributed by atoms with Crippen LogP contribution >= 0.6 is 23.7 Å². The van der Waals surface area contributed by atoms with Crippen molar-refractivity contribution >= 4 is 40.6 Å². The third-order valence-electron chi connectivity index (χ3n) is 6.25. The first-order valence-electron chi connectivity index (χ1n) is 10.6. The second-order valence-electron chi connectivity index (χ2n) is 8.26. The van der Waals surface area contributed by atoms with Gasteiger partial charge in [0.15, 0.2) is 5.75 Å². The molecule has 3 aromatic rings. The zero-order chi connectivity index (χ0) is 22.6. The SMILES string of the molecule is CNC1CCCc2sc(-c3ccc4c(=O)c(C(=O)O)cn(C5CC5)c4c3OC(F)F)cc21.Cl.